The van der Waals surface area contributed by atoms with Gasteiger partial charge in [-0.25, -0.2) is 13.4 Å². The Kier molecular flexibility index (Phi) is 6.32. The lowest BCUT2D eigenvalue weighted by Gasteiger charge is -2.34. The zero-order valence-corrected chi connectivity index (χ0v) is 20.3. The van der Waals surface area contributed by atoms with Crippen LogP contribution in [0.1, 0.15) is 10.4 Å². The second-order valence-electron chi connectivity index (χ2n) is 7.66. The zero-order chi connectivity index (χ0) is 24.6. The summed E-state index contributed by atoms with van der Waals surface area (Å²) < 4.78 is 34.7. The van der Waals surface area contributed by atoms with Gasteiger partial charge in [0.15, 0.2) is 26.5 Å². The van der Waals surface area contributed by atoms with E-state index in [2.05, 4.69) is 4.98 Å². The molecule has 1 aliphatic rings. The lowest BCUT2D eigenvalue weighted by molar-refractivity contribution is -0.385. The second kappa shape index (κ2) is 9.06. The number of rotatable bonds is 6. The fraction of sp³-hybridized carbons (Fsp3) is 0.333. The van der Waals surface area contributed by atoms with Gasteiger partial charge in [-0.3, -0.25) is 14.9 Å². The largest absolute Gasteiger partial charge is 0.493 e. The number of amides is 1. The molecule has 34 heavy (non-hydrogen) atoms. The molecule has 0 spiro atoms. The molecule has 11 nitrogen and oxygen atoms in total. The van der Waals surface area contributed by atoms with Crippen LogP contribution in [0.25, 0.3) is 10.2 Å². The molecule has 180 valence electrons. The summed E-state index contributed by atoms with van der Waals surface area (Å²) >= 11 is 1.38. The quantitative estimate of drug-likeness (QED) is 0.365. The molecule has 3 aromatic rings. The highest BCUT2D eigenvalue weighted by molar-refractivity contribution is 7.90. The summed E-state index contributed by atoms with van der Waals surface area (Å²) in [5, 5.41) is 12.3. The monoisotopic (exact) mass is 506 g/mol. The topological polar surface area (TPSA) is 132 Å². The molecule has 0 atom stereocenters. The van der Waals surface area contributed by atoms with Gasteiger partial charge < -0.3 is 19.3 Å². The van der Waals surface area contributed by atoms with E-state index in [0.717, 1.165) is 16.1 Å². The summed E-state index contributed by atoms with van der Waals surface area (Å²) in [6, 6.07) is 7.35. The van der Waals surface area contributed by atoms with E-state index in [1.54, 1.807) is 17.0 Å². The molecule has 2 heterocycles. The summed E-state index contributed by atoms with van der Waals surface area (Å²) in [5.41, 5.74) is 0.286. The van der Waals surface area contributed by atoms with E-state index in [0.29, 0.717) is 31.7 Å². The van der Waals surface area contributed by atoms with E-state index >= 15 is 0 Å². The highest BCUT2D eigenvalue weighted by atomic mass is 32.2. The van der Waals surface area contributed by atoms with Gasteiger partial charge in [0.05, 0.1) is 40.3 Å². The van der Waals surface area contributed by atoms with E-state index in [1.807, 2.05) is 4.90 Å². The molecule has 0 saturated carbocycles. The first-order chi connectivity index (χ1) is 16.1. The number of anilines is 1. The molecule has 1 saturated heterocycles. The number of ether oxygens (including phenoxy) is 2. The van der Waals surface area contributed by atoms with E-state index in [9.17, 15) is 23.3 Å². The first-order valence-electron chi connectivity index (χ1n) is 10.2. The molecule has 0 radical (unpaired) electrons. The van der Waals surface area contributed by atoms with Crippen molar-refractivity contribution in [3.05, 3.63) is 46.0 Å². The summed E-state index contributed by atoms with van der Waals surface area (Å²) in [7, 11) is -0.552. The highest BCUT2D eigenvalue weighted by Crippen LogP contribution is 2.36. The number of nitro benzene ring substituents is 1. The van der Waals surface area contributed by atoms with Crippen molar-refractivity contribution in [2.75, 3.05) is 51.6 Å². The maximum Gasteiger partial charge on any atom is 0.286 e. The third-order valence-electron chi connectivity index (χ3n) is 5.54. The fourth-order valence-corrected chi connectivity index (χ4v) is 5.50. The van der Waals surface area contributed by atoms with Crippen LogP contribution >= 0.6 is 11.3 Å². The van der Waals surface area contributed by atoms with Crippen molar-refractivity contribution in [3.63, 3.8) is 0 Å². The molecule has 4 rings (SSSR count). The maximum atomic E-state index is 13.1. The number of sulfone groups is 1. The Morgan fingerprint density at radius 2 is 1.74 bits per heavy atom. The number of aromatic nitrogens is 1. The van der Waals surface area contributed by atoms with Crippen molar-refractivity contribution in [1.82, 2.24) is 9.88 Å². The van der Waals surface area contributed by atoms with Crippen LogP contribution in [-0.2, 0) is 9.84 Å². The molecular weight excluding hydrogens is 484 g/mol. The first kappa shape index (κ1) is 23.7. The lowest BCUT2D eigenvalue weighted by Crippen LogP contribution is -2.48. The molecule has 0 unspecified atom stereocenters. The van der Waals surface area contributed by atoms with E-state index < -0.39 is 20.7 Å². The van der Waals surface area contributed by atoms with Gasteiger partial charge in [0.1, 0.15) is 5.56 Å². The number of nitrogens with zero attached hydrogens (tertiary/aromatic N) is 4. The van der Waals surface area contributed by atoms with Crippen LogP contribution in [-0.4, -0.2) is 75.8 Å². The van der Waals surface area contributed by atoms with Gasteiger partial charge in [-0.05, 0) is 18.2 Å². The predicted octanol–water partition coefficient (Wildman–Crippen LogP) is 2.59. The number of nitro groups is 1. The van der Waals surface area contributed by atoms with Crippen LogP contribution in [0.3, 0.4) is 0 Å². The normalized spacial score (nSPS) is 14.3. The van der Waals surface area contributed by atoms with Gasteiger partial charge >= 0.3 is 0 Å². The van der Waals surface area contributed by atoms with Crippen LogP contribution in [0, 0.1) is 10.1 Å². The van der Waals surface area contributed by atoms with Crippen molar-refractivity contribution >= 4 is 48.1 Å². The summed E-state index contributed by atoms with van der Waals surface area (Å²) in [4.78, 5) is 32.5. The molecule has 0 N–H and O–H groups in total. The molecular formula is C21H22N4O7S2. The molecule has 1 aromatic heterocycles. The second-order valence-corrected chi connectivity index (χ2v) is 10.7. The van der Waals surface area contributed by atoms with Gasteiger partial charge in [-0.15, -0.1) is 0 Å². The van der Waals surface area contributed by atoms with Gasteiger partial charge in [0, 0.05) is 38.5 Å². The molecule has 0 aliphatic carbocycles. The zero-order valence-electron chi connectivity index (χ0n) is 18.7. The maximum absolute atomic E-state index is 13.1. The first-order valence-corrected chi connectivity index (χ1v) is 12.9. The number of hydrogen-bond acceptors (Lipinski definition) is 10. The van der Waals surface area contributed by atoms with Gasteiger partial charge in [-0.2, -0.15) is 0 Å². The Hall–Kier alpha value is -3.45. The van der Waals surface area contributed by atoms with E-state index in [4.69, 9.17) is 9.47 Å². The summed E-state index contributed by atoms with van der Waals surface area (Å²) in [6.45, 7) is 1.64. The van der Waals surface area contributed by atoms with Gasteiger partial charge in [-0.1, -0.05) is 11.3 Å². The smallest absolute Gasteiger partial charge is 0.286 e. The molecule has 1 aliphatic heterocycles. The number of fused-ring (bicyclic) bond motifs is 1. The van der Waals surface area contributed by atoms with Gasteiger partial charge in [0.2, 0.25) is 0 Å². The standard InChI is InChI=1S/C21H22N4O7S2/c1-31-17-11-14(16(25(27)28)12-18(17)32-2)20(26)23-6-8-24(9-7-23)21-22-15-5-4-13(34(3,29)30)10-19(15)33-21/h4-5,10-12H,6-9H2,1-3H3. The third kappa shape index (κ3) is 4.48. The SMILES string of the molecule is COc1cc(C(=O)N2CCN(c3nc4ccc(S(C)(=O)=O)cc4s3)CC2)c([N+](=O)[O-])cc1OC. The number of piperazine rings is 1. The van der Waals surface area contributed by atoms with Gasteiger partial charge in [0.25, 0.3) is 11.6 Å². The van der Waals surface area contributed by atoms with E-state index in [1.165, 1.54) is 43.8 Å². The molecule has 0 bridgehead atoms. The van der Waals surface area contributed by atoms with Crippen LogP contribution < -0.4 is 14.4 Å². The average molecular weight is 507 g/mol. The summed E-state index contributed by atoms with van der Waals surface area (Å²) in [5.74, 6) is -0.0575. The number of benzene rings is 2. The Morgan fingerprint density at radius 3 is 2.32 bits per heavy atom. The summed E-state index contributed by atoms with van der Waals surface area (Å²) in [6.07, 6.45) is 1.16. The van der Waals surface area contributed by atoms with Crippen LogP contribution in [0.15, 0.2) is 35.2 Å². The van der Waals surface area contributed by atoms with Crippen molar-refractivity contribution in [2.45, 2.75) is 4.90 Å². The minimum Gasteiger partial charge on any atom is -0.493 e. The predicted molar refractivity (Wildman–Crippen MR) is 127 cm³/mol. The highest BCUT2D eigenvalue weighted by Gasteiger charge is 2.30. The Balaban J connectivity index is 1.53. The molecule has 1 fully saturated rings. The van der Waals surface area contributed by atoms with Crippen LogP contribution in [0.4, 0.5) is 10.8 Å². The van der Waals surface area contributed by atoms with Crippen molar-refractivity contribution in [1.29, 1.82) is 0 Å². The average Bonchev–Trinajstić information content (AvgIpc) is 3.25. The van der Waals surface area contributed by atoms with Crippen LogP contribution in [0.5, 0.6) is 11.5 Å². The Labute approximate surface area is 199 Å². The van der Waals surface area contributed by atoms with Crippen molar-refractivity contribution < 1.29 is 27.6 Å². The van der Waals surface area contributed by atoms with Crippen molar-refractivity contribution in [3.8, 4) is 11.5 Å². The van der Waals surface area contributed by atoms with E-state index in [-0.39, 0.29) is 27.6 Å². The number of carbonyl (C=O) groups excluding carboxylic acids is 1. The minimum absolute atomic E-state index is 0.0654. The lowest BCUT2D eigenvalue weighted by atomic mass is 10.1. The number of methoxy groups -OCH3 is 2. The number of carbonyl (C=O) groups is 1. The number of thiazole rings is 1. The molecule has 13 heteroatoms. The minimum atomic E-state index is -3.32. The molecule has 2 aromatic carbocycles. The number of hydrogen-bond donors (Lipinski definition) is 0. The van der Waals surface area contributed by atoms with Crippen molar-refractivity contribution in [2.24, 2.45) is 0 Å². The third-order valence-corrected chi connectivity index (χ3v) is 7.73. The Morgan fingerprint density at radius 1 is 1.09 bits per heavy atom. The fourth-order valence-electron chi connectivity index (χ4n) is 3.72. The molecule has 1 amide bonds. The Bertz CT molecular complexity index is 1380. The van der Waals surface area contributed by atoms with Crippen LogP contribution in [0.2, 0.25) is 0 Å².